The smallest absolute Gasteiger partial charge is 0.394 e. The third-order valence-corrected chi connectivity index (χ3v) is 3.47. The molecule has 1 aliphatic rings. The molecular formula is C11H14F3N3O5. The van der Waals surface area contributed by atoms with Crippen molar-refractivity contribution >= 4 is 5.82 Å². The van der Waals surface area contributed by atoms with Crippen LogP contribution in [0, 0.1) is 0 Å². The monoisotopic (exact) mass is 325 g/mol. The molecule has 2 rings (SSSR count). The van der Waals surface area contributed by atoms with Crippen LogP contribution in [0.1, 0.15) is 18.7 Å². The van der Waals surface area contributed by atoms with Crippen molar-refractivity contribution in [1.82, 2.24) is 9.55 Å². The Balaban J connectivity index is 2.56. The van der Waals surface area contributed by atoms with Gasteiger partial charge in [-0.05, 0) is 6.92 Å². The highest BCUT2D eigenvalue weighted by molar-refractivity contribution is 5.39. The van der Waals surface area contributed by atoms with Gasteiger partial charge in [-0.25, -0.2) is 4.79 Å². The highest BCUT2D eigenvalue weighted by atomic mass is 19.4. The van der Waals surface area contributed by atoms with Crippen LogP contribution in [-0.4, -0.2) is 49.3 Å². The van der Waals surface area contributed by atoms with E-state index in [4.69, 9.17) is 15.6 Å². The lowest BCUT2D eigenvalue weighted by Gasteiger charge is -2.28. The lowest BCUT2D eigenvalue weighted by atomic mass is 9.96. The van der Waals surface area contributed by atoms with Crippen LogP contribution >= 0.6 is 0 Å². The number of nitrogen functional groups attached to an aromatic ring is 1. The average Bonchev–Trinajstić information content (AvgIpc) is 2.60. The summed E-state index contributed by atoms with van der Waals surface area (Å²) in [5, 5.41) is 29.0. The van der Waals surface area contributed by atoms with E-state index in [1.165, 1.54) is 0 Å². The van der Waals surface area contributed by atoms with E-state index < -0.39 is 53.9 Å². The fourth-order valence-corrected chi connectivity index (χ4v) is 2.26. The summed E-state index contributed by atoms with van der Waals surface area (Å²) >= 11 is 0. The normalized spacial score (nSPS) is 32.4. The summed E-state index contributed by atoms with van der Waals surface area (Å²) in [6.45, 7) is 0.366. The van der Waals surface area contributed by atoms with E-state index in [9.17, 15) is 28.2 Å². The van der Waals surface area contributed by atoms with Gasteiger partial charge in [0.1, 0.15) is 29.2 Å². The number of aliphatic hydroxyl groups is 3. The van der Waals surface area contributed by atoms with Crippen LogP contribution in [0.3, 0.4) is 0 Å². The molecule has 0 radical (unpaired) electrons. The zero-order valence-corrected chi connectivity index (χ0v) is 11.3. The van der Waals surface area contributed by atoms with Crippen molar-refractivity contribution in [2.75, 3.05) is 12.3 Å². The van der Waals surface area contributed by atoms with Crippen LogP contribution in [0.15, 0.2) is 11.0 Å². The van der Waals surface area contributed by atoms with Crippen LogP contribution in [0.4, 0.5) is 19.0 Å². The van der Waals surface area contributed by atoms with Crippen LogP contribution in [0.2, 0.25) is 0 Å². The molecule has 0 spiro atoms. The van der Waals surface area contributed by atoms with E-state index in [1.54, 1.807) is 0 Å². The summed E-state index contributed by atoms with van der Waals surface area (Å²) in [5.74, 6) is -1.01. The predicted octanol–water partition coefficient (Wildman–Crippen LogP) is -1.15. The SMILES string of the molecule is C[C@@]1(O)[C@H](O)[C@@H](CO)O[C@H]1n1cc(C(F)(F)F)c(N)nc1=O. The summed E-state index contributed by atoms with van der Waals surface area (Å²) < 4.78 is 44.0. The number of nitrogens with two attached hydrogens (primary N) is 1. The van der Waals surface area contributed by atoms with Crippen molar-refractivity contribution in [3.8, 4) is 0 Å². The predicted molar refractivity (Wildman–Crippen MR) is 65.5 cm³/mol. The minimum Gasteiger partial charge on any atom is -0.394 e. The summed E-state index contributed by atoms with van der Waals surface area (Å²) in [5.41, 5.74) is 0.399. The third kappa shape index (κ3) is 2.56. The Hall–Kier alpha value is -1.69. The Labute approximate surface area is 121 Å². The van der Waals surface area contributed by atoms with Crippen LogP contribution in [0.5, 0.6) is 0 Å². The highest BCUT2D eigenvalue weighted by Gasteiger charge is 2.53. The maximum atomic E-state index is 12.8. The number of aromatic nitrogens is 2. The topological polar surface area (TPSA) is 131 Å². The molecule has 4 atom stereocenters. The number of aliphatic hydroxyl groups excluding tert-OH is 2. The Kier molecular flexibility index (Phi) is 3.94. The van der Waals surface area contributed by atoms with Gasteiger partial charge in [-0.3, -0.25) is 4.57 Å². The van der Waals surface area contributed by atoms with Gasteiger partial charge >= 0.3 is 11.9 Å². The maximum Gasteiger partial charge on any atom is 0.421 e. The van der Waals surface area contributed by atoms with Gasteiger partial charge in [-0.15, -0.1) is 0 Å². The minimum absolute atomic E-state index is 0.357. The van der Waals surface area contributed by atoms with E-state index in [-0.39, 0.29) is 0 Å². The summed E-state index contributed by atoms with van der Waals surface area (Å²) in [6.07, 6.45) is -9.05. The second kappa shape index (κ2) is 5.19. The molecule has 0 saturated carbocycles. The third-order valence-electron chi connectivity index (χ3n) is 3.47. The first-order chi connectivity index (χ1) is 10.00. The molecule has 0 amide bonds. The number of halogens is 3. The number of anilines is 1. The largest absolute Gasteiger partial charge is 0.421 e. The maximum absolute atomic E-state index is 12.8. The van der Waals surface area contributed by atoms with Gasteiger partial charge in [0.05, 0.1) is 6.61 Å². The molecule has 1 aromatic heterocycles. The Morgan fingerprint density at radius 2 is 2.14 bits per heavy atom. The second-order valence-corrected chi connectivity index (χ2v) is 5.11. The van der Waals surface area contributed by atoms with Gasteiger partial charge in [0.25, 0.3) is 0 Å². The molecule has 22 heavy (non-hydrogen) atoms. The first-order valence-electron chi connectivity index (χ1n) is 6.12. The number of nitrogens with zero attached hydrogens (tertiary/aromatic N) is 2. The zero-order valence-electron chi connectivity index (χ0n) is 11.3. The second-order valence-electron chi connectivity index (χ2n) is 5.11. The lowest BCUT2D eigenvalue weighted by molar-refractivity contribution is -0.139. The highest BCUT2D eigenvalue weighted by Crippen LogP contribution is 2.39. The Morgan fingerprint density at radius 1 is 1.55 bits per heavy atom. The van der Waals surface area contributed by atoms with Gasteiger partial charge in [0.2, 0.25) is 0 Å². The Bertz CT molecular complexity index is 630. The molecule has 1 aromatic rings. The quantitative estimate of drug-likeness (QED) is 0.540. The minimum atomic E-state index is -4.87. The molecule has 1 saturated heterocycles. The molecule has 0 unspecified atom stereocenters. The van der Waals surface area contributed by atoms with Gasteiger partial charge in [-0.2, -0.15) is 18.2 Å². The van der Waals surface area contributed by atoms with Crippen LogP contribution in [-0.2, 0) is 10.9 Å². The molecule has 0 bridgehead atoms. The number of ether oxygens (including phenoxy) is 1. The molecule has 5 N–H and O–H groups in total. The van der Waals surface area contributed by atoms with E-state index in [0.717, 1.165) is 6.92 Å². The summed E-state index contributed by atoms with van der Waals surface area (Å²) in [7, 11) is 0. The van der Waals surface area contributed by atoms with Gasteiger partial charge in [0, 0.05) is 6.20 Å². The van der Waals surface area contributed by atoms with Crippen molar-refractivity contribution in [2.45, 2.75) is 37.1 Å². The standard InChI is InChI=1S/C11H14F3N3O5/c1-10(21)6(19)5(3-18)22-8(10)17-2-4(11(12,13)14)7(15)16-9(17)20/h2,5-6,8,18-19,21H,3H2,1H3,(H2,15,16,20)/t5-,6-,8-,10-/m1/s1. The fraction of sp³-hybridized carbons (Fsp3) is 0.636. The molecule has 0 aliphatic carbocycles. The average molecular weight is 325 g/mol. The van der Waals surface area contributed by atoms with Gasteiger partial charge in [0.15, 0.2) is 6.23 Å². The molecule has 0 aromatic carbocycles. The molecular weight excluding hydrogens is 311 g/mol. The zero-order chi connectivity index (χ0) is 16.9. The first kappa shape index (κ1) is 16.7. The number of hydrogen-bond acceptors (Lipinski definition) is 7. The van der Waals surface area contributed by atoms with Crippen molar-refractivity contribution in [3.63, 3.8) is 0 Å². The van der Waals surface area contributed by atoms with Gasteiger partial charge in [-0.1, -0.05) is 0 Å². The first-order valence-corrected chi connectivity index (χ1v) is 6.12. The summed E-state index contributed by atoms with van der Waals surface area (Å²) in [4.78, 5) is 14.8. The van der Waals surface area contributed by atoms with Crippen molar-refractivity contribution in [3.05, 3.63) is 22.2 Å². The van der Waals surface area contributed by atoms with E-state index in [1.807, 2.05) is 0 Å². The molecule has 1 fully saturated rings. The molecule has 124 valence electrons. The fourth-order valence-electron chi connectivity index (χ4n) is 2.26. The summed E-state index contributed by atoms with van der Waals surface area (Å²) in [6, 6.07) is 0. The molecule has 2 heterocycles. The number of alkyl halides is 3. The molecule has 1 aliphatic heterocycles. The van der Waals surface area contributed by atoms with Gasteiger partial charge < -0.3 is 25.8 Å². The van der Waals surface area contributed by atoms with E-state index >= 15 is 0 Å². The van der Waals surface area contributed by atoms with Crippen molar-refractivity contribution < 1.29 is 33.2 Å². The lowest BCUT2D eigenvalue weighted by Crippen LogP contribution is -2.46. The van der Waals surface area contributed by atoms with Crippen molar-refractivity contribution in [1.29, 1.82) is 0 Å². The number of rotatable bonds is 2. The number of hydrogen-bond donors (Lipinski definition) is 4. The van der Waals surface area contributed by atoms with E-state index in [2.05, 4.69) is 4.98 Å². The molecule has 8 nitrogen and oxygen atoms in total. The van der Waals surface area contributed by atoms with Crippen LogP contribution < -0.4 is 11.4 Å². The van der Waals surface area contributed by atoms with Crippen LogP contribution in [0.25, 0.3) is 0 Å². The molecule has 11 heteroatoms. The van der Waals surface area contributed by atoms with Crippen molar-refractivity contribution in [2.24, 2.45) is 0 Å². The Morgan fingerprint density at radius 3 is 2.59 bits per heavy atom. The van der Waals surface area contributed by atoms with E-state index in [0.29, 0.717) is 10.8 Å².